The summed E-state index contributed by atoms with van der Waals surface area (Å²) in [6.45, 7) is 11.7. The molecule has 0 atom stereocenters. The molecular formula is C23H29NO3S. The van der Waals surface area contributed by atoms with Crippen molar-refractivity contribution in [2.24, 2.45) is 0 Å². The van der Waals surface area contributed by atoms with E-state index in [-0.39, 0.29) is 11.9 Å². The van der Waals surface area contributed by atoms with Crippen LogP contribution in [0.2, 0.25) is 0 Å². The average Bonchev–Trinajstić information content (AvgIpc) is 2.66. The fraction of sp³-hybridized carbons (Fsp3) is 0.348. The summed E-state index contributed by atoms with van der Waals surface area (Å²) in [7, 11) is 0. The number of rotatable bonds is 5. The Morgan fingerprint density at radius 1 is 1.04 bits per heavy atom. The molecule has 0 bridgehead atoms. The largest absolute Gasteiger partial charge is 0.456 e. The number of aryl methyl sites for hydroxylation is 1. The molecule has 0 N–H and O–H groups in total. The van der Waals surface area contributed by atoms with Gasteiger partial charge in [-0.2, -0.15) is 0 Å². The molecule has 0 radical (unpaired) electrons. The Hall–Kier alpha value is -2.53. The molecule has 0 fully saturated rings. The Labute approximate surface area is 173 Å². The van der Waals surface area contributed by atoms with E-state index in [9.17, 15) is 9.59 Å². The molecule has 1 amide bonds. The normalized spacial score (nSPS) is 10.4. The molecule has 0 aliphatic carbocycles. The molecule has 2 aromatic carbocycles. The number of ether oxygens (including phenoxy) is 1. The predicted molar refractivity (Wildman–Crippen MR) is 118 cm³/mol. The van der Waals surface area contributed by atoms with Gasteiger partial charge in [0.15, 0.2) is 0 Å². The van der Waals surface area contributed by atoms with Gasteiger partial charge < -0.3 is 9.64 Å². The molecule has 0 saturated heterocycles. The van der Waals surface area contributed by atoms with E-state index in [1.807, 2.05) is 59.7 Å². The molecule has 0 aliphatic heterocycles. The van der Waals surface area contributed by atoms with Gasteiger partial charge >= 0.3 is 5.97 Å². The Morgan fingerprint density at radius 3 is 2.11 bits per heavy atom. The number of hydrogen-bond acceptors (Lipinski definition) is 4. The van der Waals surface area contributed by atoms with E-state index >= 15 is 0 Å². The van der Waals surface area contributed by atoms with Gasteiger partial charge in [0.2, 0.25) is 0 Å². The highest BCUT2D eigenvalue weighted by atomic mass is 32.1. The fourth-order valence-corrected chi connectivity index (χ4v) is 2.57. The third-order valence-corrected chi connectivity index (χ3v) is 3.96. The monoisotopic (exact) mass is 399 g/mol. The third-order valence-electron chi connectivity index (χ3n) is 3.71. The Bertz CT molecular complexity index is 807. The lowest BCUT2D eigenvalue weighted by Crippen LogP contribution is -2.29. The zero-order valence-electron chi connectivity index (χ0n) is 17.5. The zero-order chi connectivity index (χ0) is 21.3. The van der Waals surface area contributed by atoms with Gasteiger partial charge in [-0.05, 0) is 57.0 Å². The summed E-state index contributed by atoms with van der Waals surface area (Å²) >= 11 is 5.03. The summed E-state index contributed by atoms with van der Waals surface area (Å²) in [5.41, 5.74) is 3.70. The maximum Gasteiger partial charge on any atom is 0.338 e. The number of esters is 1. The maximum atomic E-state index is 12.7. The van der Waals surface area contributed by atoms with Gasteiger partial charge in [-0.1, -0.05) is 56.4 Å². The van der Waals surface area contributed by atoms with Gasteiger partial charge in [0.1, 0.15) is 5.60 Å². The number of amides is 1. The SMILES string of the molecule is CC.Cc1ccccc1C(=O)N(C=S)Cc1ccc(C(=O)OC(C)(C)C)cc1. The molecule has 0 unspecified atom stereocenters. The van der Waals surface area contributed by atoms with Crippen LogP contribution in [-0.2, 0) is 11.3 Å². The van der Waals surface area contributed by atoms with Crippen LogP contribution in [0.3, 0.4) is 0 Å². The quantitative estimate of drug-likeness (QED) is 0.487. The fourth-order valence-electron chi connectivity index (χ4n) is 2.40. The van der Waals surface area contributed by atoms with E-state index in [0.717, 1.165) is 11.1 Å². The van der Waals surface area contributed by atoms with E-state index in [0.29, 0.717) is 17.7 Å². The molecule has 4 nitrogen and oxygen atoms in total. The van der Waals surface area contributed by atoms with Crippen molar-refractivity contribution in [2.75, 3.05) is 0 Å². The smallest absolute Gasteiger partial charge is 0.338 e. The topological polar surface area (TPSA) is 46.6 Å². The lowest BCUT2D eigenvalue weighted by Gasteiger charge is -2.20. The summed E-state index contributed by atoms with van der Waals surface area (Å²) in [5.74, 6) is -0.513. The highest BCUT2D eigenvalue weighted by Crippen LogP contribution is 2.15. The van der Waals surface area contributed by atoms with Gasteiger partial charge in [-0.15, -0.1) is 0 Å². The minimum Gasteiger partial charge on any atom is -0.456 e. The van der Waals surface area contributed by atoms with Crippen LogP contribution in [0.25, 0.3) is 0 Å². The molecule has 0 heterocycles. The van der Waals surface area contributed by atoms with Crippen molar-refractivity contribution >= 4 is 29.6 Å². The lowest BCUT2D eigenvalue weighted by atomic mass is 10.1. The van der Waals surface area contributed by atoms with Crippen molar-refractivity contribution in [3.63, 3.8) is 0 Å². The molecule has 0 aliphatic rings. The van der Waals surface area contributed by atoms with Crippen LogP contribution in [-0.4, -0.2) is 27.9 Å². The van der Waals surface area contributed by atoms with Crippen molar-refractivity contribution in [2.45, 2.75) is 53.7 Å². The van der Waals surface area contributed by atoms with Gasteiger partial charge in [-0.3, -0.25) is 4.79 Å². The van der Waals surface area contributed by atoms with Gasteiger partial charge in [-0.25, -0.2) is 4.79 Å². The van der Waals surface area contributed by atoms with E-state index in [4.69, 9.17) is 17.0 Å². The number of benzene rings is 2. The molecule has 0 aromatic heterocycles. The minimum absolute atomic E-state index is 0.144. The molecule has 0 spiro atoms. The highest BCUT2D eigenvalue weighted by molar-refractivity contribution is 7.78. The van der Waals surface area contributed by atoms with Crippen LogP contribution in [0.5, 0.6) is 0 Å². The Balaban J connectivity index is 0.00000190. The second-order valence-corrected chi connectivity index (χ2v) is 7.26. The van der Waals surface area contributed by atoms with Crippen molar-refractivity contribution < 1.29 is 14.3 Å². The number of carbonyl (C=O) groups excluding carboxylic acids is 2. The first kappa shape index (κ1) is 23.5. The summed E-state index contributed by atoms with van der Waals surface area (Å²) in [5, 5.41) is 0. The lowest BCUT2D eigenvalue weighted by molar-refractivity contribution is 0.00693. The molecule has 0 saturated carbocycles. The number of thiocarbonyl (C=S) groups is 1. The van der Waals surface area contributed by atoms with Crippen LogP contribution in [0, 0.1) is 6.92 Å². The van der Waals surface area contributed by atoms with Gasteiger partial charge in [0, 0.05) is 5.56 Å². The average molecular weight is 400 g/mol. The van der Waals surface area contributed by atoms with Crippen LogP contribution in [0.1, 0.15) is 66.5 Å². The van der Waals surface area contributed by atoms with Crippen molar-refractivity contribution in [3.05, 3.63) is 70.8 Å². The minimum atomic E-state index is -0.538. The van der Waals surface area contributed by atoms with Crippen molar-refractivity contribution in [3.8, 4) is 0 Å². The van der Waals surface area contributed by atoms with Crippen LogP contribution >= 0.6 is 12.2 Å². The molecule has 150 valence electrons. The third kappa shape index (κ3) is 6.89. The van der Waals surface area contributed by atoms with Gasteiger partial charge in [0.25, 0.3) is 5.91 Å². The Kier molecular flexibility index (Phi) is 9.00. The number of hydrogen-bond donors (Lipinski definition) is 0. The molecule has 28 heavy (non-hydrogen) atoms. The summed E-state index contributed by atoms with van der Waals surface area (Å²) in [6.07, 6.45) is 0. The van der Waals surface area contributed by atoms with Gasteiger partial charge in [0.05, 0.1) is 17.6 Å². The highest BCUT2D eigenvalue weighted by Gasteiger charge is 2.19. The van der Waals surface area contributed by atoms with Crippen molar-refractivity contribution in [1.29, 1.82) is 0 Å². The van der Waals surface area contributed by atoms with Crippen LogP contribution in [0.4, 0.5) is 0 Å². The van der Waals surface area contributed by atoms with E-state index in [1.54, 1.807) is 30.3 Å². The Morgan fingerprint density at radius 2 is 1.61 bits per heavy atom. The van der Waals surface area contributed by atoms with E-state index < -0.39 is 5.60 Å². The second kappa shape index (κ2) is 10.7. The molecular weight excluding hydrogens is 370 g/mol. The first-order valence-corrected chi connectivity index (χ1v) is 9.82. The van der Waals surface area contributed by atoms with E-state index in [2.05, 4.69) is 0 Å². The predicted octanol–water partition coefficient (Wildman–Crippen LogP) is 5.58. The number of carbonyl (C=O) groups is 2. The molecule has 2 rings (SSSR count). The first-order chi connectivity index (χ1) is 13.2. The van der Waals surface area contributed by atoms with Crippen molar-refractivity contribution in [1.82, 2.24) is 4.90 Å². The summed E-state index contributed by atoms with van der Waals surface area (Å²) in [6, 6.07) is 14.4. The number of nitrogens with zero attached hydrogens (tertiary/aromatic N) is 1. The standard InChI is InChI=1S/C21H23NO3S.C2H6/c1-15-7-5-6-8-18(15)19(23)22(14-26)13-16-9-11-17(12-10-16)20(24)25-21(2,3)4;1-2/h5-12,14H,13H2,1-4H3;1-2H3. The van der Waals surface area contributed by atoms with E-state index in [1.165, 1.54) is 10.4 Å². The van der Waals surface area contributed by atoms with Crippen LogP contribution < -0.4 is 0 Å². The molecule has 5 heteroatoms. The second-order valence-electron chi connectivity index (χ2n) is 7.05. The zero-order valence-corrected chi connectivity index (χ0v) is 18.3. The first-order valence-electron chi connectivity index (χ1n) is 9.35. The van der Waals surface area contributed by atoms with Crippen LogP contribution in [0.15, 0.2) is 48.5 Å². The summed E-state index contributed by atoms with van der Waals surface area (Å²) < 4.78 is 5.35. The maximum absolute atomic E-state index is 12.7. The molecule has 2 aromatic rings. The summed E-state index contributed by atoms with van der Waals surface area (Å²) in [4.78, 5) is 26.2.